The van der Waals surface area contributed by atoms with Crippen molar-refractivity contribution in [3.05, 3.63) is 11.8 Å². The molecule has 1 aliphatic rings. The van der Waals surface area contributed by atoms with E-state index in [9.17, 15) is 0 Å². The van der Waals surface area contributed by atoms with Crippen molar-refractivity contribution in [1.82, 2.24) is 15.3 Å². The Kier molecular flexibility index (Phi) is 5.59. The highest BCUT2D eigenvalue weighted by Crippen LogP contribution is 2.19. The van der Waals surface area contributed by atoms with Crippen LogP contribution in [0.2, 0.25) is 0 Å². The van der Waals surface area contributed by atoms with Crippen LogP contribution in [0.1, 0.15) is 32.4 Å². The van der Waals surface area contributed by atoms with Crippen molar-refractivity contribution in [3.63, 3.8) is 0 Å². The van der Waals surface area contributed by atoms with Crippen LogP contribution in [-0.2, 0) is 0 Å². The van der Waals surface area contributed by atoms with E-state index in [1.165, 1.54) is 12.8 Å². The number of aryl methyl sites for hydroxylation is 1. The van der Waals surface area contributed by atoms with Gasteiger partial charge in [0.2, 0.25) is 11.8 Å². The zero-order valence-electron chi connectivity index (χ0n) is 12.9. The topological polar surface area (TPSA) is 50.3 Å². The molecule has 1 aromatic heterocycles. The molecule has 1 N–H and O–H groups in total. The molecule has 20 heavy (non-hydrogen) atoms. The maximum atomic E-state index is 5.52. The van der Waals surface area contributed by atoms with E-state index >= 15 is 0 Å². The first-order valence-corrected chi connectivity index (χ1v) is 7.67. The van der Waals surface area contributed by atoms with Crippen LogP contribution in [-0.4, -0.2) is 42.8 Å². The molecule has 1 atom stereocenters. The van der Waals surface area contributed by atoms with Gasteiger partial charge in [0.05, 0.1) is 6.61 Å². The Hall–Kier alpha value is -1.36. The van der Waals surface area contributed by atoms with Gasteiger partial charge in [-0.05, 0) is 52.6 Å². The van der Waals surface area contributed by atoms with Crippen LogP contribution >= 0.6 is 0 Å². The van der Waals surface area contributed by atoms with Crippen molar-refractivity contribution in [2.45, 2.75) is 33.6 Å². The van der Waals surface area contributed by atoms with Gasteiger partial charge in [0.25, 0.3) is 0 Å². The van der Waals surface area contributed by atoms with Gasteiger partial charge in [-0.1, -0.05) is 0 Å². The van der Waals surface area contributed by atoms with E-state index in [0.717, 1.165) is 37.8 Å². The van der Waals surface area contributed by atoms with E-state index in [-0.39, 0.29) is 0 Å². The third kappa shape index (κ3) is 4.07. The summed E-state index contributed by atoms with van der Waals surface area (Å²) in [6.45, 7) is 10.9. The van der Waals surface area contributed by atoms with Crippen molar-refractivity contribution in [2.75, 3.05) is 37.7 Å². The van der Waals surface area contributed by atoms with Crippen LogP contribution < -0.4 is 15.0 Å². The SMILES string of the molecule is CCOc1cc(C)nc(N(CC)CC2CCCNC2)n1. The predicted octanol–water partition coefficient (Wildman–Crippen LogP) is 2.01. The van der Waals surface area contributed by atoms with Gasteiger partial charge in [-0.3, -0.25) is 0 Å². The molecule has 0 bridgehead atoms. The summed E-state index contributed by atoms with van der Waals surface area (Å²) in [7, 11) is 0. The third-order valence-electron chi connectivity index (χ3n) is 3.65. The number of hydrogen-bond acceptors (Lipinski definition) is 5. The summed E-state index contributed by atoms with van der Waals surface area (Å²) < 4.78 is 5.52. The average molecular weight is 278 g/mol. The lowest BCUT2D eigenvalue weighted by molar-refractivity contribution is 0.325. The molecular formula is C15H26N4O. The van der Waals surface area contributed by atoms with Gasteiger partial charge < -0.3 is 15.0 Å². The van der Waals surface area contributed by atoms with E-state index in [1.807, 2.05) is 19.9 Å². The zero-order valence-corrected chi connectivity index (χ0v) is 12.9. The Balaban J connectivity index is 2.09. The summed E-state index contributed by atoms with van der Waals surface area (Å²) in [4.78, 5) is 11.4. The van der Waals surface area contributed by atoms with Crippen LogP contribution in [0.25, 0.3) is 0 Å². The molecule has 5 heteroatoms. The summed E-state index contributed by atoms with van der Waals surface area (Å²) in [5, 5.41) is 3.47. The summed E-state index contributed by atoms with van der Waals surface area (Å²) in [5.41, 5.74) is 0.957. The fraction of sp³-hybridized carbons (Fsp3) is 0.733. The predicted molar refractivity (Wildman–Crippen MR) is 81.4 cm³/mol. The third-order valence-corrected chi connectivity index (χ3v) is 3.65. The van der Waals surface area contributed by atoms with Crippen molar-refractivity contribution in [3.8, 4) is 5.88 Å². The first kappa shape index (κ1) is 15.0. The van der Waals surface area contributed by atoms with Crippen LogP contribution in [0.5, 0.6) is 5.88 Å². The molecule has 0 aliphatic carbocycles. The number of anilines is 1. The standard InChI is InChI=1S/C15H26N4O/c1-4-19(11-13-7-6-8-16-10-13)15-17-12(3)9-14(18-15)20-5-2/h9,13,16H,4-8,10-11H2,1-3H3. The van der Waals surface area contributed by atoms with Crippen LogP contribution in [0.3, 0.4) is 0 Å². The van der Waals surface area contributed by atoms with Crippen molar-refractivity contribution in [1.29, 1.82) is 0 Å². The van der Waals surface area contributed by atoms with Gasteiger partial charge in [-0.25, -0.2) is 4.98 Å². The molecule has 0 spiro atoms. The lowest BCUT2D eigenvalue weighted by Crippen LogP contribution is -2.39. The lowest BCUT2D eigenvalue weighted by atomic mass is 9.99. The highest BCUT2D eigenvalue weighted by Gasteiger charge is 2.18. The second-order valence-corrected chi connectivity index (χ2v) is 5.33. The number of rotatable bonds is 6. The highest BCUT2D eigenvalue weighted by atomic mass is 16.5. The molecule has 0 aromatic carbocycles. The zero-order chi connectivity index (χ0) is 14.4. The number of hydrogen-bond donors (Lipinski definition) is 1. The Bertz CT molecular complexity index is 418. The lowest BCUT2D eigenvalue weighted by Gasteiger charge is -2.29. The fourth-order valence-corrected chi connectivity index (χ4v) is 2.63. The van der Waals surface area contributed by atoms with Crippen molar-refractivity contribution in [2.24, 2.45) is 5.92 Å². The summed E-state index contributed by atoms with van der Waals surface area (Å²) in [6.07, 6.45) is 2.55. The summed E-state index contributed by atoms with van der Waals surface area (Å²) >= 11 is 0. The second kappa shape index (κ2) is 7.43. The maximum Gasteiger partial charge on any atom is 0.228 e. The molecule has 2 rings (SSSR count). The van der Waals surface area contributed by atoms with Crippen LogP contribution in [0.4, 0.5) is 5.95 Å². The number of nitrogens with zero attached hydrogens (tertiary/aromatic N) is 3. The largest absolute Gasteiger partial charge is 0.478 e. The normalized spacial score (nSPS) is 18.9. The molecule has 0 amide bonds. The second-order valence-electron chi connectivity index (χ2n) is 5.33. The van der Waals surface area contributed by atoms with E-state index in [1.54, 1.807) is 0 Å². The molecular weight excluding hydrogens is 252 g/mol. The molecule has 5 nitrogen and oxygen atoms in total. The molecule has 0 radical (unpaired) electrons. The first-order chi connectivity index (χ1) is 9.72. The van der Waals surface area contributed by atoms with Gasteiger partial charge in [-0.15, -0.1) is 0 Å². The van der Waals surface area contributed by atoms with E-state index in [4.69, 9.17) is 4.74 Å². The Morgan fingerprint density at radius 2 is 2.25 bits per heavy atom. The van der Waals surface area contributed by atoms with E-state index < -0.39 is 0 Å². The molecule has 1 fully saturated rings. The molecule has 1 saturated heterocycles. The molecule has 112 valence electrons. The molecule has 0 saturated carbocycles. The number of ether oxygens (including phenoxy) is 1. The van der Waals surface area contributed by atoms with E-state index in [2.05, 4.69) is 27.1 Å². The quantitative estimate of drug-likeness (QED) is 0.862. The molecule has 1 aromatic rings. The summed E-state index contributed by atoms with van der Waals surface area (Å²) in [6, 6.07) is 1.89. The summed E-state index contributed by atoms with van der Waals surface area (Å²) in [5.74, 6) is 2.15. The van der Waals surface area contributed by atoms with Crippen LogP contribution in [0.15, 0.2) is 6.07 Å². The van der Waals surface area contributed by atoms with Gasteiger partial charge >= 0.3 is 0 Å². The van der Waals surface area contributed by atoms with Gasteiger partial charge in [0.1, 0.15) is 0 Å². The monoisotopic (exact) mass is 278 g/mol. The van der Waals surface area contributed by atoms with Crippen molar-refractivity contribution < 1.29 is 4.74 Å². The Labute approximate surface area is 121 Å². The van der Waals surface area contributed by atoms with Gasteiger partial charge in [0, 0.05) is 24.8 Å². The Morgan fingerprint density at radius 1 is 1.40 bits per heavy atom. The number of piperidine rings is 1. The number of aromatic nitrogens is 2. The number of nitrogens with one attached hydrogen (secondary N) is 1. The average Bonchev–Trinajstić information content (AvgIpc) is 2.45. The minimum absolute atomic E-state index is 0.633. The first-order valence-electron chi connectivity index (χ1n) is 7.67. The van der Waals surface area contributed by atoms with Crippen molar-refractivity contribution >= 4 is 5.95 Å². The smallest absolute Gasteiger partial charge is 0.228 e. The maximum absolute atomic E-state index is 5.52. The molecule has 2 heterocycles. The highest BCUT2D eigenvalue weighted by molar-refractivity contribution is 5.34. The fourth-order valence-electron chi connectivity index (χ4n) is 2.63. The minimum atomic E-state index is 0.633. The molecule has 1 unspecified atom stereocenters. The Morgan fingerprint density at radius 3 is 2.90 bits per heavy atom. The van der Waals surface area contributed by atoms with E-state index in [0.29, 0.717) is 18.4 Å². The van der Waals surface area contributed by atoms with Gasteiger partial charge in [0.15, 0.2) is 0 Å². The molecule has 1 aliphatic heterocycles. The van der Waals surface area contributed by atoms with Gasteiger partial charge in [-0.2, -0.15) is 4.98 Å². The minimum Gasteiger partial charge on any atom is -0.478 e. The van der Waals surface area contributed by atoms with Crippen LogP contribution in [0, 0.1) is 12.8 Å².